The number of alkyl halides is 1. The molecular weight excluding hydrogens is 367 g/mol. The van der Waals surface area contributed by atoms with Crippen molar-refractivity contribution < 1.29 is 0 Å². The maximum atomic E-state index is 6.03. The molecule has 0 bridgehead atoms. The van der Waals surface area contributed by atoms with Gasteiger partial charge >= 0.3 is 0 Å². The lowest BCUT2D eigenvalue weighted by atomic mass is 10.1. The predicted molar refractivity (Wildman–Crippen MR) is 85.1 cm³/mol. The highest BCUT2D eigenvalue weighted by Gasteiger charge is 2.16. The number of benzene rings is 1. The molecule has 92 valence electrons. The van der Waals surface area contributed by atoms with Crippen LogP contribution in [0.4, 0.5) is 0 Å². The summed E-state index contributed by atoms with van der Waals surface area (Å²) in [5.41, 5.74) is 11.3. The summed E-state index contributed by atoms with van der Waals surface area (Å²) >= 11 is 3.91. The molecule has 0 amide bonds. The van der Waals surface area contributed by atoms with Crippen LogP contribution in [0.15, 0.2) is 29.8 Å². The molecule has 1 heterocycles. The van der Waals surface area contributed by atoms with E-state index in [1.54, 1.807) is 11.3 Å². The first kappa shape index (κ1) is 14.9. The maximum absolute atomic E-state index is 6.03. The van der Waals surface area contributed by atoms with Crippen LogP contribution in [0.5, 0.6) is 0 Å². The molecule has 0 aliphatic heterocycles. The van der Waals surface area contributed by atoms with Gasteiger partial charge in [0.1, 0.15) is 0 Å². The average Bonchev–Trinajstić information content (AvgIpc) is 2.63. The minimum Gasteiger partial charge on any atom is -0.313 e. The Morgan fingerprint density at radius 3 is 2.29 bits per heavy atom. The molecule has 2 rings (SSSR count). The van der Waals surface area contributed by atoms with Crippen molar-refractivity contribution in [3.05, 3.63) is 41.0 Å². The van der Waals surface area contributed by atoms with E-state index in [0.29, 0.717) is 0 Å². The van der Waals surface area contributed by atoms with Crippen LogP contribution in [0.25, 0.3) is 10.4 Å². The van der Waals surface area contributed by atoms with Crippen LogP contribution in [0.2, 0.25) is 0 Å². The van der Waals surface area contributed by atoms with Gasteiger partial charge in [-0.2, -0.15) is 0 Å². The number of nitrogens with zero attached hydrogens (tertiary/aromatic N) is 1. The number of hydrogen-bond donors (Lipinski definition) is 1. The quantitative estimate of drug-likeness (QED) is 0.484. The van der Waals surface area contributed by atoms with Crippen molar-refractivity contribution in [3.63, 3.8) is 0 Å². The van der Waals surface area contributed by atoms with E-state index in [9.17, 15) is 0 Å². The number of thiazole rings is 1. The zero-order valence-electron chi connectivity index (χ0n) is 9.61. The van der Waals surface area contributed by atoms with Gasteiger partial charge in [-0.3, -0.25) is 0 Å². The van der Waals surface area contributed by atoms with Crippen LogP contribution >= 0.6 is 46.3 Å². The highest BCUT2D eigenvalue weighted by molar-refractivity contribution is 14.1. The molecule has 2 N–H and O–H groups in total. The summed E-state index contributed by atoms with van der Waals surface area (Å²) in [6, 6.07) is 8.39. The van der Waals surface area contributed by atoms with Gasteiger partial charge in [-0.15, -0.1) is 23.7 Å². The van der Waals surface area contributed by atoms with Crippen molar-refractivity contribution in [3.8, 4) is 10.4 Å². The Kier molecular flexibility index (Phi) is 4.95. The molecule has 5 heteroatoms. The molecule has 0 radical (unpaired) electrons. The zero-order valence-corrected chi connectivity index (χ0v) is 13.4. The van der Waals surface area contributed by atoms with Crippen LogP contribution in [0.1, 0.15) is 18.2 Å². The van der Waals surface area contributed by atoms with Gasteiger partial charge in [0, 0.05) is 0 Å². The van der Waals surface area contributed by atoms with E-state index >= 15 is 0 Å². The third-order valence-corrected chi connectivity index (χ3v) is 4.06. The lowest BCUT2D eigenvalue weighted by molar-refractivity contribution is 0.780. The molecule has 0 unspecified atom stereocenters. The summed E-state index contributed by atoms with van der Waals surface area (Å²) < 4.78 is -0.307. The van der Waals surface area contributed by atoms with Gasteiger partial charge in [-0.1, -0.05) is 46.9 Å². The Hall–Kier alpha value is -0.170. The van der Waals surface area contributed by atoms with Crippen LogP contribution in [-0.2, 0) is 3.55 Å². The predicted octanol–water partition coefficient (Wildman–Crippen LogP) is 4.11. The number of aromatic nitrogens is 1. The monoisotopic (exact) mass is 380 g/mol. The lowest BCUT2D eigenvalue weighted by Gasteiger charge is -2.17. The first-order chi connectivity index (χ1) is 7.48. The molecule has 0 saturated heterocycles. The molecule has 1 aromatic carbocycles. The van der Waals surface area contributed by atoms with E-state index in [-0.39, 0.29) is 16.0 Å². The Labute approximate surface area is 125 Å². The summed E-state index contributed by atoms with van der Waals surface area (Å²) in [6.45, 7) is 4.03. The van der Waals surface area contributed by atoms with Gasteiger partial charge < -0.3 is 5.73 Å². The Morgan fingerprint density at radius 2 is 1.88 bits per heavy atom. The zero-order chi connectivity index (χ0) is 11.8. The topological polar surface area (TPSA) is 38.9 Å². The van der Waals surface area contributed by atoms with Crippen LogP contribution in [-0.4, -0.2) is 4.98 Å². The fourth-order valence-corrected chi connectivity index (χ4v) is 2.70. The summed E-state index contributed by atoms with van der Waals surface area (Å²) in [7, 11) is 0. The number of rotatable bonds is 2. The Morgan fingerprint density at radius 1 is 1.29 bits per heavy atom. The largest absolute Gasteiger partial charge is 0.313 e. The van der Waals surface area contributed by atoms with Gasteiger partial charge in [-0.25, -0.2) is 4.98 Å². The van der Waals surface area contributed by atoms with Gasteiger partial charge in [0.15, 0.2) is 0 Å². The molecule has 17 heavy (non-hydrogen) atoms. The number of hydrogen-bond acceptors (Lipinski definition) is 3. The van der Waals surface area contributed by atoms with Crippen molar-refractivity contribution >= 4 is 46.3 Å². The second-order valence-electron chi connectivity index (χ2n) is 3.92. The standard InChI is InChI=1S/C12H13IN2S.ClH/c1-8-11(16-7-15-8)9-3-5-10(6-4-9)12(2,13)14;/h3-7H,14H2,1-2H3;1H/t12-;/m1./s1. The van der Waals surface area contributed by atoms with E-state index in [1.807, 2.05) is 19.4 Å². The molecule has 2 aromatic rings. The van der Waals surface area contributed by atoms with Gasteiger partial charge in [0.2, 0.25) is 0 Å². The second-order valence-corrected chi connectivity index (χ2v) is 7.02. The molecule has 2 nitrogen and oxygen atoms in total. The molecule has 0 aliphatic rings. The molecule has 0 saturated carbocycles. The highest BCUT2D eigenvalue weighted by Crippen LogP contribution is 2.30. The third kappa shape index (κ3) is 3.40. The van der Waals surface area contributed by atoms with E-state index < -0.39 is 0 Å². The van der Waals surface area contributed by atoms with Crippen molar-refractivity contribution in [2.75, 3.05) is 0 Å². The van der Waals surface area contributed by atoms with Crippen molar-refractivity contribution in [1.29, 1.82) is 0 Å². The Bertz CT molecular complexity index is 488. The molecule has 1 aromatic heterocycles. The molecular formula is C12H14ClIN2S. The first-order valence-electron chi connectivity index (χ1n) is 4.97. The average molecular weight is 381 g/mol. The molecule has 0 aliphatic carbocycles. The van der Waals surface area contributed by atoms with Gasteiger partial charge in [0.05, 0.1) is 19.6 Å². The fourth-order valence-electron chi connectivity index (χ4n) is 1.53. The summed E-state index contributed by atoms with van der Waals surface area (Å²) in [5.74, 6) is 0. The minimum absolute atomic E-state index is 0. The summed E-state index contributed by atoms with van der Waals surface area (Å²) in [4.78, 5) is 5.49. The molecule has 1 atom stereocenters. The SMILES string of the molecule is Cc1ncsc1-c1ccc([C@@](C)(N)I)cc1.Cl. The smallest absolute Gasteiger partial charge is 0.0906 e. The third-order valence-electron chi connectivity index (χ3n) is 2.46. The second kappa shape index (κ2) is 5.65. The number of halogens is 2. The summed E-state index contributed by atoms with van der Waals surface area (Å²) in [6.07, 6.45) is 0. The maximum Gasteiger partial charge on any atom is 0.0906 e. The number of aryl methyl sites for hydroxylation is 1. The van der Waals surface area contributed by atoms with E-state index in [4.69, 9.17) is 5.73 Å². The minimum atomic E-state index is -0.307. The van der Waals surface area contributed by atoms with Crippen molar-refractivity contribution in [2.24, 2.45) is 5.73 Å². The van der Waals surface area contributed by atoms with Gasteiger partial charge in [0.25, 0.3) is 0 Å². The fraction of sp³-hybridized carbons (Fsp3) is 0.250. The van der Waals surface area contributed by atoms with Crippen molar-refractivity contribution in [1.82, 2.24) is 4.98 Å². The lowest BCUT2D eigenvalue weighted by Crippen LogP contribution is -2.24. The summed E-state index contributed by atoms with van der Waals surface area (Å²) in [5, 5.41) is 0. The van der Waals surface area contributed by atoms with Crippen LogP contribution < -0.4 is 5.73 Å². The normalized spacial score (nSPS) is 13.9. The van der Waals surface area contributed by atoms with E-state index in [1.165, 1.54) is 10.4 Å². The van der Waals surface area contributed by atoms with E-state index in [2.05, 4.69) is 51.8 Å². The Balaban J connectivity index is 0.00000144. The molecule has 0 fully saturated rings. The number of nitrogens with two attached hydrogens (primary N) is 1. The van der Waals surface area contributed by atoms with E-state index in [0.717, 1.165) is 11.3 Å². The van der Waals surface area contributed by atoms with Gasteiger partial charge in [-0.05, 0) is 25.0 Å². The van der Waals surface area contributed by atoms with Crippen molar-refractivity contribution in [2.45, 2.75) is 17.4 Å². The van der Waals surface area contributed by atoms with Crippen LogP contribution in [0, 0.1) is 6.92 Å². The molecule has 0 spiro atoms. The first-order valence-corrected chi connectivity index (χ1v) is 6.93. The highest BCUT2D eigenvalue weighted by atomic mass is 127. The van der Waals surface area contributed by atoms with Crippen LogP contribution in [0.3, 0.4) is 0 Å².